The minimum absolute atomic E-state index is 0.168. The second kappa shape index (κ2) is 6.42. The van der Waals surface area contributed by atoms with Crippen LogP contribution in [0, 0.1) is 13.8 Å². The molecule has 1 aromatic carbocycles. The molecule has 1 heterocycles. The highest BCUT2D eigenvalue weighted by molar-refractivity contribution is 5.39. The maximum atomic E-state index is 10.6. The quantitative estimate of drug-likeness (QED) is 0.765. The Morgan fingerprint density at radius 2 is 2.00 bits per heavy atom. The number of aromatic hydroxyl groups is 1. The Bertz CT molecular complexity index is 646. The van der Waals surface area contributed by atoms with Gasteiger partial charge in [-0.25, -0.2) is 0 Å². The fourth-order valence-corrected chi connectivity index (χ4v) is 2.52. The molecule has 0 spiro atoms. The van der Waals surface area contributed by atoms with Gasteiger partial charge in [-0.1, -0.05) is 6.07 Å². The molecule has 1 atom stereocenters. The van der Waals surface area contributed by atoms with Gasteiger partial charge in [-0.3, -0.25) is 0 Å². The lowest BCUT2D eigenvalue weighted by molar-refractivity contribution is 0.0551. The van der Waals surface area contributed by atoms with Crippen molar-refractivity contribution in [3.8, 4) is 11.5 Å². The minimum atomic E-state index is -1.04. The summed E-state index contributed by atoms with van der Waals surface area (Å²) in [6, 6.07) is 7.00. The van der Waals surface area contributed by atoms with Crippen molar-refractivity contribution in [2.45, 2.75) is 32.9 Å². The van der Waals surface area contributed by atoms with Gasteiger partial charge in [0.15, 0.2) is 0 Å². The van der Waals surface area contributed by atoms with Crippen LogP contribution in [0.4, 0.5) is 0 Å². The van der Waals surface area contributed by atoms with Crippen molar-refractivity contribution < 1.29 is 19.4 Å². The van der Waals surface area contributed by atoms with E-state index in [1.807, 2.05) is 19.9 Å². The van der Waals surface area contributed by atoms with Crippen LogP contribution in [-0.2, 0) is 12.1 Å². The number of methoxy groups -OCH3 is 1. The Morgan fingerprint density at radius 3 is 2.55 bits per heavy atom. The summed E-state index contributed by atoms with van der Waals surface area (Å²) in [6.45, 7) is 6.23. The predicted molar refractivity (Wildman–Crippen MR) is 84.1 cm³/mol. The first-order chi connectivity index (χ1) is 10.3. The summed E-state index contributed by atoms with van der Waals surface area (Å²) in [4.78, 5) is 0. The maximum absolute atomic E-state index is 10.6. The lowest BCUT2D eigenvalue weighted by Crippen LogP contribution is -2.35. The first kappa shape index (κ1) is 16.4. The van der Waals surface area contributed by atoms with E-state index in [0.29, 0.717) is 18.8 Å². The van der Waals surface area contributed by atoms with Crippen molar-refractivity contribution in [3.63, 3.8) is 0 Å². The van der Waals surface area contributed by atoms with Crippen molar-refractivity contribution in [2.24, 2.45) is 0 Å². The molecule has 2 aromatic rings. The van der Waals surface area contributed by atoms with Crippen molar-refractivity contribution in [1.82, 2.24) is 5.32 Å². The molecular formula is C17H23NO4. The number of nitrogens with one attached hydrogen (secondary N) is 1. The minimum Gasteiger partial charge on any atom is -0.507 e. The summed E-state index contributed by atoms with van der Waals surface area (Å²) in [6.07, 6.45) is 0. The number of ether oxygens (including phenoxy) is 1. The van der Waals surface area contributed by atoms with Crippen LogP contribution >= 0.6 is 0 Å². The molecule has 0 amide bonds. The number of aliphatic hydroxyl groups is 1. The zero-order valence-electron chi connectivity index (χ0n) is 13.4. The number of furan rings is 1. The van der Waals surface area contributed by atoms with Crippen molar-refractivity contribution in [2.75, 3.05) is 13.7 Å². The zero-order chi connectivity index (χ0) is 16.3. The van der Waals surface area contributed by atoms with Gasteiger partial charge in [0.2, 0.25) is 0 Å². The average Bonchev–Trinajstić information content (AvgIpc) is 2.80. The lowest BCUT2D eigenvalue weighted by atomic mass is 9.96. The molecule has 0 saturated heterocycles. The van der Waals surface area contributed by atoms with Crippen LogP contribution in [0.5, 0.6) is 11.5 Å². The van der Waals surface area contributed by atoms with Crippen LogP contribution in [0.15, 0.2) is 28.7 Å². The van der Waals surface area contributed by atoms with Crippen molar-refractivity contribution in [1.29, 1.82) is 0 Å². The van der Waals surface area contributed by atoms with Crippen LogP contribution in [0.3, 0.4) is 0 Å². The summed E-state index contributed by atoms with van der Waals surface area (Å²) >= 11 is 0. The molecular weight excluding hydrogens is 282 g/mol. The first-order valence-corrected chi connectivity index (χ1v) is 7.20. The normalized spacial score (nSPS) is 13.9. The Kier molecular flexibility index (Phi) is 4.78. The van der Waals surface area contributed by atoms with Crippen LogP contribution in [0.1, 0.15) is 29.6 Å². The van der Waals surface area contributed by atoms with Gasteiger partial charge in [-0.05, 0) is 32.9 Å². The summed E-state index contributed by atoms with van der Waals surface area (Å²) in [5, 5.41) is 23.7. The molecule has 1 unspecified atom stereocenters. The van der Waals surface area contributed by atoms with E-state index < -0.39 is 5.60 Å². The molecule has 0 radical (unpaired) electrons. The SMILES string of the molecule is COc1ccc(CNCC(C)(O)c2cc(C)oc2C)c(O)c1. The molecule has 2 rings (SSSR count). The van der Waals surface area contributed by atoms with Crippen molar-refractivity contribution >= 4 is 0 Å². The number of rotatable bonds is 6. The van der Waals surface area contributed by atoms with Gasteiger partial charge < -0.3 is 24.7 Å². The highest BCUT2D eigenvalue weighted by Gasteiger charge is 2.27. The average molecular weight is 305 g/mol. The summed E-state index contributed by atoms with van der Waals surface area (Å²) in [5.74, 6) is 2.27. The van der Waals surface area contributed by atoms with E-state index in [4.69, 9.17) is 9.15 Å². The topological polar surface area (TPSA) is 74.9 Å². The summed E-state index contributed by atoms with van der Waals surface area (Å²) in [5.41, 5.74) is 0.484. The number of aryl methyl sites for hydroxylation is 2. The van der Waals surface area contributed by atoms with Crippen LogP contribution < -0.4 is 10.1 Å². The van der Waals surface area contributed by atoms with Gasteiger partial charge >= 0.3 is 0 Å². The number of hydrogen-bond donors (Lipinski definition) is 3. The largest absolute Gasteiger partial charge is 0.507 e. The van der Waals surface area contributed by atoms with Gasteiger partial charge in [0.1, 0.15) is 28.6 Å². The zero-order valence-corrected chi connectivity index (χ0v) is 13.4. The van der Waals surface area contributed by atoms with Gasteiger partial charge in [0, 0.05) is 30.3 Å². The second-order valence-corrected chi connectivity index (χ2v) is 5.70. The fraction of sp³-hybridized carbons (Fsp3) is 0.412. The van der Waals surface area contributed by atoms with E-state index in [1.165, 1.54) is 0 Å². The van der Waals surface area contributed by atoms with E-state index in [0.717, 1.165) is 22.6 Å². The second-order valence-electron chi connectivity index (χ2n) is 5.70. The molecule has 0 bridgehead atoms. The van der Waals surface area contributed by atoms with Gasteiger partial charge in [-0.2, -0.15) is 0 Å². The highest BCUT2D eigenvalue weighted by atomic mass is 16.5. The number of phenolic OH excluding ortho intramolecular Hbond substituents is 1. The van der Waals surface area contributed by atoms with Gasteiger partial charge in [0.05, 0.1) is 7.11 Å². The Morgan fingerprint density at radius 1 is 1.27 bits per heavy atom. The molecule has 0 aliphatic heterocycles. The van der Waals surface area contributed by atoms with E-state index in [-0.39, 0.29) is 5.75 Å². The molecule has 0 saturated carbocycles. The fourth-order valence-electron chi connectivity index (χ4n) is 2.52. The van der Waals surface area contributed by atoms with Crippen LogP contribution in [0.25, 0.3) is 0 Å². The Hall–Kier alpha value is -1.98. The van der Waals surface area contributed by atoms with E-state index in [2.05, 4.69) is 5.32 Å². The molecule has 0 aliphatic rings. The summed E-state index contributed by atoms with van der Waals surface area (Å²) in [7, 11) is 1.55. The smallest absolute Gasteiger partial charge is 0.123 e. The standard InChI is InChI=1S/C17H23NO4/c1-11-7-15(12(2)22-11)17(3,20)10-18-9-13-5-6-14(21-4)8-16(13)19/h5-8,18-20H,9-10H2,1-4H3. The van der Waals surface area contributed by atoms with E-state index in [1.54, 1.807) is 32.2 Å². The van der Waals surface area contributed by atoms with Crippen LogP contribution in [-0.4, -0.2) is 23.9 Å². The molecule has 120 valence electrons. The third-order valence-electron chi connectivity index (χ3n) is 3.70. The molecule has 5 heteroatoms. The number of hydrogen-bond acceptors (Lipinski definition) is 5. The number of benzene rings is 1. The number of phenols is 1. The first-order valence-electron chi connectivity index (χ1n) is 7.20. The van der Waals surface area contributed by atoms with E-state index >= 15 is 0 Å². The Balaban J connectivity index is 1.99. The predicted octanol–water partition coefficient (Wildman–Crippen LogP) is 2.61. The third-order valence-corrected chi connectivity index (χ3v) is 3.70. The maximum Gasteiger partial charge on any atom is 0.123 e. The van der Waals surface area contributed by atoms with Gasteiger partial charge in [0.25, 0.3) is 0 Å². The highest BCUT2D eigenvalue weighted by Crippen LogP contribution is 2.27. The van der Waals surface area contributed by atoms with Gasteiger partial charge in [-0.15, -0.1) is 0 Å². The molecule has 1 aromatic heterocycles. The van der Waals surface area contributed by atoms with Crippen LogP contribution in [0.2, 0.25) is 0 Å². The Labute approximate surface area is 130 Å². The molecule has 0 fully saturated rings. The molecule has 5 nitrogen and oxygen atoms in total. The molecule has 22 heavy (non-hydrogen) atoms. The summed E-state index contributed by atoms with van der Waals surface area (Å²) < 4.78 is 10.5. The third kappa shape index (κ3) is 3.61. The molecule has 3 N–H and O–H groups in total. The molecule has 0 aliphatic carbocycles. The van der Waals surface area contributed by atoms with E-state index in [9.17, 15) is 10.2 Å². The monoisotopic (exact) mass is 305 g/mol. The lowest BCUT2D eigenvalue weighted by Gasteiger charge is -2.23. The van der Waals surface area contributed by atoms with Crippen molar-refractivity contribution in [3.05, 3.63) is 46.9 Å².